The predicted molar refractivity (Wildman–Crippen MR) is 137 cm³/mol. The van der Waals surface area contributed by atoms with E-state index in [1.807, 2.05) is 0 Å². The first-order valence-electron chi connectivity index (χ1n) is 12.2. The van der Waals surface area contributed by atoms with Gasteiger partial charge in [-0.3, -0.25) is 14.4 Å². The number of hydrogen-bond donors (Lipinski definition) is 1. The molecular formula is C27H27F3N4O6. The lowest BCUT2D eigenvalue weighted by Crippen LogP contribution is -2.46. The van der Waals surface area contributed by atoms with Gasteiger partial charge < -0.3 is 25.0 Å². The van der Waals surface area contributed by atoms with E-state index >= 15 is 0 Å². The Labute approximate surface area is 228 Å². The van der Waals surface area contributed by atoms with E-state index in [1.165, 1.54) is 24.1 Å². The Morgan fingerprint density at radius 1 is 1.18 bits per heavy atom. The Morgan fingerprint density at radius 3 is 2.55 bits per heavy atom. The van der Waals surface area contributed by atoms with Crippen molar-refractivity contribution in [3.63, 3.8) is 0 Å². The highest BCUT2D eigenvalue weighted by atomic mass is 19.4. The molecule has 1 aliphatic rings. The summed E-state index contributed by atoms with van der Waals surface area (Å²) >= 11 is 0. The maximum atomic E-state index is 13.5. The first-order chi connectivity index (χ1) is 18.8. The van der Waals surface area contributed by atoms with Gasteiger partial charge in [-0.2, -0.15) is 13.2 Å². The molecule has 13 heteroatoms. The summed E-state index contributed by atoms with van der Waals surface area (Å²) in [5.41, 5.74) is 6.65. The van der Waals surface area contributed by atoms with Crippen molar-refractivity contribution < 1.29 is 41.8 Å². The number of ether oxygens (including phenoxy) is 2. The van der Waals surface area contributed by atoms with Gasteiger partial charge in [-0.15, -0.1) is 0 Å². The van der Waals surface area contributed by atoms with Crippen molar-refractivity contribution in [1.29, 1.82) is 0 Å². The fraction of sp³-hybridized carbons (Fsp3) is 0.370. The van der Waals surface area contributed by atoms with Gasteiger partial charge in [0.2, 0.25) is 5.91 Å². The molecule has 2 heterocycles. The molecule has 212 valence electrons. The van der Waals surface area contributed by atoms with Gasteiger partial charge in [0.05, 0.1) is 24.3 Å². The minimum Gasteiger partial charge on any atom is -0.489 e. The zero-order chi connectivity index (χ0) is 29.6. The van der Waals surface area contributed by atoms with Gasteiger partial charge in [0.25, 0.3) is 5.91 Å². The van der Waals surface area contributed by atoms with E-state index in [0.29, 0.717) is 23.4 Å². The summed E-state index contributed by atoms with van der Waals surface area (Å²) < 4.78 is 46.7. The smallest absolute Gasteiger partial charge is 0.489 e. The van der Waals surface area contributed by atoms with Crippen molar-refractivity contribution >= 4 is 35.3 Å². The quantitative estimate of drug-likeness (QED) is 0.237. The number of carbonyl (C=O) groups is 4. The number of nitrogens with zero attached hydrogens (tertiary/aromatic N) is 3. The molecule has 1 aromatic heterocycles. The Kier molecular flexibility index (Phi) is 9.36. The molecule has 1 aliphatic heterocycles. The predicted octanol–water partition coefficient (Wildman–Crippen LogP) is 3.09. The molecular weight excluding hydrogens is 533 g/mol. The van der Waals surface area contributed by atoms with E-state index in [2.05, 4.69) is 21.6 Å². The molecule has 0 bridgehead atoms. The van der Waals surface area contributed by atoms with E-state index in [0.717, 1.165) is 4.90 Å². The van der Waals surface area contributed by atoms with Crippen LogP contribution in [-0.2, 0) is 19.1 Å². The van der Waals surface area contributed by atoms with Crippen LogP contribution < -0.4 is 15.4 Å². The lowest BCUT2D eigenvalue weighted by atomic mass is 10.0. The molecule has 3 rings (SSSR count). The molecule has 2 amide bonds. The maximum Gasteiger partial charge on any atom is 0.491 e. The number of benzene rings is 1. The van der Waals surface area contributed by atoms with Crippen molar-refractivity contribution in [3.8, 4) is 17.6 Å². The van der Waals surface area contributed by atoms with Gasteiger partial charge in [-0.25, -0.2) is 9.78 Å². The first kappa shape index (κ1) is 29.9. The molecule has 1 atom stereocenters. The van der Waals surface area contributed by atoms with Gasteiger partial charge in [-0.1, -0.05) is 11.8 Å². The standard InChI is InChI=1S/C27H27F3N4O6/c1-16(2)34-20-10-9-18(7-4-5-12-39-21-8-6-11-32-24(21)31)14-19(20)25(37)33(15-22(34)35)17(3)13-23(36)40-26(38)27(28,29)30/h6,8-11,14,16-17H,5,12-13,15H2,1-3H3,(H2,31,32). The summed E-state index contributed by atoms with van der Waals surface area (Å²) in [6.07, 6.45) is -4.21. The lowest BCUT2D eigenvalue weighted by molar-refractivity contribution is -0.202. The second-order valence-corrected chi connectivity index (χ2v) is 9.12. The number of aromatic nitrogens is 1. The molecule has 40 heavy (non-hydrogen) atoms. The highest BCUT2D eigenvalue weighted by molar-refractivity contribution is 6.10. The van der Waals surface area contributed by atoms with Crippen LogP contribution in [-0.4, -0.2) is 65.0 Å². The van der Waals surface area contributed by atoms with Crippen LogP contribution in [0.2, 0.25) is 0 Å². The Hall–Kier alpha value is -4.60. The summed E-state index contributed by atoms with van der Waals surface area (Å²) in [4.78, 5) is 56.0. The average molecular weight is 561 g/mol. The van der Waals surface area contributed by atoms with E-state index in [1.54, 1.807) is 38.1 Å². The van der Waals surface area contributed by atoms with Gasteiger partial charge in [0, 0.05) is 30.3 Å². The summed E-state index contributed by atoms with van der Waals surface area (Å²) in [7, 11) is 0. The number of rotatable bonds is 7. The molecule has 0 fully saturated rings. The second kappa shape index (κ2) is 12.5. The molecule has 0 saturated carbocycles. The van der Waals surface area contributed by atoms with Crippen LogP contribution in [0.5, 0.6) is 5.75 Å². The van der Waals surface area contributed by atoms with Gasteiger partial charge in [0.15, 0.2) is 11.6 Å². The SMILES string of the molecule is CC(CC(=O)OC(=O)C(F)(F)F)N1CC(=O)N(C(C)C)c2ccc(C#CCCOc3cccnc3N)cc2C1=O. The van der Waals surface area contributed by atoms with Crippen LogP contribution in [0, 0.1) is 11.8 Å². The molecule has 0 saturated heterocycles. The number of amides is 2. The number of anilines is 2. The molecule has 0 radical (unpaired) electrons. The third-order valence-electron chi connectivity index (χ3n) is 5.79. The minimum atomic E-state index is -5.35. The number of carbonyl (C=O) groups excluding carboxylic acids is 4. The Balaban J connectivity index is 1.80. The highest BCUT2D eigenvalue weighted by Crippen LogP contribution is 2.30. The summed E-state index contributed by atoms with van der Waals surface area (Å²) in [6, 6.07) is 6.71. The monoisotopic (exact) mass is 560 g/mol. The van der Waals surface area contributed by atoms with E-state index in [9.17, 15) is 32.3 Å². The third-order valence-corrected chi connectivity index (χ3v) is 5.79. The van der Waals surface area contributed by atoms with Crippen molar-refractivity contribution in [2.24, 2.45) is 0 Å². The number of hydrogen-bond acceptors (Lipinski definition) is 8. The first-order valence-corrected chi connectivity index (χ1v) is 12.2. The van der Waals surface area contributed by atoms with Crippen LogP contribution in [0.3, 0.4) is 0 Å². The summed E-state index contributed by atoms with van der Waals surface area (Å²) in [6.45, 7) is 4.68. The summed E-state index contributed by atoms with van der Waals surface area (Å²) in [5.74, 6) is 1.33. The van der Waals surface area contributed by atoms with Crippen molar-refractivity contribution in [2.45, 2.75) is 51.9 Å². The number of nitrogens with two attached hydrogens (primary N) is 1. The zero-order valence-electron chi connectivity index (χ0n) is 21.9. The lowest BCUT2D eigenvalue weighted by Gasteiger charge is -2.28. The summed E-state index contributed by atoms with van der Waals surface area (Å²) in [5, 5.41) is 0. The largest absolute Gasteiger partial charge is 0.491 e. The zero-order valence-corrected chi connectivity index (χ0v) is 21.9. The maximum absolute atomic E-state index is 13.5. The van der Waals surface area contributed by atoms with Crippen molar-refractivity contribution in [2.75, 3.05) is 23.8 Å². The molecule has 0 spiro atoms. The molecule has 2 aromatic rings. The average Bonchev–Trinajstić information content (AvgIpc) is 2.98. The minimum absolute atomic E-state index is 0.123. The number of fused-ring (bicyclic) bond motifs is 1. The fourth-order valence-electron chi connectivity index (χ4n) is 3.96. The van der Waals surface area contributed by atoms with Crippen molar-refractivity contribution in [1.82, 2.24) is 9.88 Å². The Morgan fingerprint density at radius 2 is 1.90 bits per heavy atom. The molecule has 10 nitrogen and oxygen atoms in total. The van der Waals surface area contributed by atoms with E-state index in [-0.39, 0.29) is 24.0 Å². The van der Waals surface area contributed by atoms with Crippen LogP contribution in [0.4, 0.5) is 24.7 Å². The highest BCUT2D eigenvalue weighted by Gasteiger charge is 2.43. The molecule has 0 aliphatic carbocycles. The van der Waals surface area contributed by atoms with Crippen LogP contribution in [0.25, 0.3) is 0 Å². The number of esters is 2. The van der Waals surface area contributed by atoms with E-state index in [4.69, 9.17) is 10.5 Å². The third kappa shape index (κ3) is 7.28. The molecule has 2 N–H and O–H groups in total. The van der Waals surface area contributed by atoms with Crippen LogP contribution >= 0.6 is 0 Å². The van der Waals surface area contributed by atoms with E-state index < -0.39 is 48.9 Å². The van der Waals surface area contributed by atoms with Crippen molar-refractivity contribution in [3.05, 3.63) is 47.7 Å². The molecule has 1 unspecified atom stereocenters. The topological polar surface area (TPSA) is 132 Å². The van der Waals surface area contributed by atoms with Gasteiger partial charge >= 0.3 is 18.1 Å². The number of pyridine rings is 1. The van der Waals surface area contributed by atoms with Crippen LogP contribution in [0.15, 0.2) is 36.5 Å². The number of alkyl halides is 3. The van der Waals surface area contributed by atoms with Gasteiger partial charge in [-0.05, 0) is 51.1 Å². The van der Waals surface area contributed by atoms with Crippen LogP contribution in [0.1, 0.15) is 49.5 Å². The molecule has 1 aromatic carbocycles. The fourth-order valence-corrected chi connectivity index (χ4v) is 3.96. The van der Waals surface area contributed by atoms with Gasteiger partial charge in [0.1, 0.15) is 6.54 Å². The Bertz CT molecular complexity index is 1370. The second-order valence-electron chi connectivity index (χ2n) is 9.12. The number of nitrogen functional groups attached to an aromatic ring is 1. The normalized spacial score (nSPS) is 14.2. The number of halogens is 3.